The zero-order chi connectivity index (χ0) is 44.3. The van der Waals surface area contributed by atoms with E-state index in [0.29, 0.717) is 60.1 Å². The van der Waals surface area contributed by atoms with Crippen LogP contribution in [0.5, 0.6) is 11.5 Å². The second kappa shape index (κ2) is 17.9. The van der Waals surface area contributed by atoms with Gasteiger partial charge in [-0.25, -0.2) is 19.6 Å². The third-order valence-corrected chi connectivity index (χ3v) is 11.5. The Labute approximate surface area is 355 Å². The maximum Gasteiger partial charge on any atom is 0.500 e. The molecular formula is C42H54N8O10S. The van der Waals surface area contributed by atoms with Gasteiger partial charge in [0.25, 0.3) is 0 Å². The Hall–Kier alpha value is -6.11. The number of alkyl carbamates (subject to hydrolysis) is 2. The average molecular weight is 863 g/mol. The van der Waals surface area contributed by atoms with Gasteiger partial charge in [0, 0.05) is 24.2 Å². The molecule has 0 spiro atoms. The van der Waals surface area contributed by atoms with Crippen molar-refractivity contribution in [3.05, 3.63) is 72.6 Å². The SMILES string of the molecule is COC(=O)N[C@@H](C(=O)N1CCC[C@H]1c1ncc(-c2cccc(OS(=O)(=O)Oc3cccc(-c4cnc([C@@H]5CCCN5C(=O)[C@H](NC(=O)OC)C(C)(C)C)[nH]4)c3)c2)[nH]1)C(C)(C)C. The van der Waals surface area contributed by atoms with Crippen LogP contribution in [0, 0.1) is 10.8 Å². The summed E-state index contributed by atoms with van der Waals surface area (Å²) in [5, 5.41) is 5.36. The number of aromatic nitrogens is 4. The standard InChI is InChI=1S/C42H54N8O10S/c1-41(2,3)33(47-39(53)57-7)37(51)49-19-11-17-31(49)35-43-23-29(45-35)25-13-9-15-27(21-25)59-61(55,56)60-28-16-10-14-26(22-28)30-24-44-36(46-30)32-18-12-20-50(32)38(52)34(42(4,5)6)48-40(54)58-8/h9-10,13-16,21-24,31-34H,11-12,17-20H2,1-8H3,(H,43,45)(H,44,46)(H,47,53)(H,48,54)/t31-,32-,33-,34-/m0/s1. The van der Waals surface area contributed by atoms with Crippen molar-refractivity contribution in [2.45, 2.75) is 91.4 Å². The number of amides is 4. The minimum Gasteiger partial charge on any atom is -0.453 e. The molecule has 4 aromatic rings. The van der Waals surface area contributed by atoms with Crippen LogP contribution in [0.2, 0.25) is 0 Å². The molecule has 0 aliphatic carbocycles. The van der Waals surface area contributed by atoms with E-state index in [1.165, 1.54) is 38.5 Å². The Morgan fingerprint density at radius 1 is 0.689 bits per heavy atom. The summed E-state index contributed by atoms with van der Waals surface area (Å²) in [4.78, 5) is 70.8. The lowest BCUT2D eigenvalue weighted by molar-refractivity contribution is -0.137. The summed E-state index contributed by atoms with van der Waals surface area (Å²) >= 11 is 0. The lowest BCUT2D eigenvalue weighted by Gasteiger charge is -2.35. The number of likely N-dealkylation sites (tertiary alicyclic amines) is 2. The molecule has 4 amide bonds. The minimum atomic E-state index is -4.61. The molecule has 4 atom stereocenters. The summed E-state index contributed by atoms with van der Waals surface area (Å²) in [6, 6.07) is 10.4. The van der Waals surface area contributed by atoms with Crippen LogP contribution in [0.3, 0.4) is 0 Å². The zero-order valence-corrected chi connectivity index (χ0v) is 36.4. The first-order valence-electron chi connectivity index (χ1n) is 20.0. The summed E-state index contributed by atoms with van der Waals surface area (Å²) in [7, 11) is -2.12. The number of ether oxygens (including phenoxy) is 2. The van der Waals surface area contributed by atoms with Gasteiger partial charge in [-0.3, -0.25) is 9.59 Å². The topological polar surface area (TPSA) is 227 Å². The Kier molecular flexibility index (Phi) is 13.0. The summed E-state index contributed by atoms with van der Waals surface area (Å²) in [6.07, 6.45) is 4.63. The molecule has 2 fully saturated rings. The summed E-state index contributed by atoms with van der Waals surface area (Å²) in [5.74, 6) is 0.598. The molecule has 0 radical (unpaired) electrons. The van der Waals surface area contributed by atoms with Crippen molar-refractivity contribution >= 4 is 34.4 Å². The lowest BCUT2D eigenvalue weighted by atomic mass is 9.85. The van der Waals surface area contributed by atoms with E-state index in [1.54, 1.807) is 46.5 Å². The van der Waals surface area contributed by atoms with Gasteiger partial charge in [-0.05, 0) is 60.8 Å². The van der Waals surface area contributed by atoms with Crippen LogP contribution >= 0.6 is 0 Å². The van der Waals surface area contributed by atoms with Crippen LogP contribution < -0.4 is 19.0 Å². The van der Waals surface area contributed by atoms with Gasteiger partial charge in [0.1, 0.15) is 35.2 Å². The third kappa shape index (κ3) is 10.4. The molecule has 328 valence electrons. The van der Waals surface area contributed by atoms with Gasteiger partial charge in [-0.2, -0.15) is 0 Å². The van der Waals surface area contributed by atoms with Crippen LogP contribution in [0.25, 0.3) is 22.5 Å². The Bertz CT molecular complexity index is 2190. The predicted molar refractivity (Wildman–Crippen MR) is 223 cm³/mol. The maximum atomic E-state index is 13.8. The molecule has 2 aliphatic heterocycles. The molecule has 2 aliphatic rings. The fraction of sp³-hybridized carbons (Fsp3) is 0.476. The van der Waals surface area contributed by atoms with Crippen LogP contribution in [-0.4, -0.2) is 102 Å². The number of rotatable bonds is 12. The molecular weight excluding hydrogens is 809 g/mol. The van der Waals surface area contributed by atoms with Gasteiger partial charge in [0.2, 0.25) is 11.8 Å². The van der Waals surface area contributed by atoms with Gasteiger partial charge in [-0.15, -0.1) is 8.42 Å². The van der Waals surface area contributed by atoms with Crippen molar-refractivity contribution in [1.82, 2.24) is 40.4 Å². The fourth-order valence-electron chi connectivity index (χ4n) is 7.60. The number of hydrogen-bond acceptors (Lipinski definition) is 12. The normalized spacial score (nSPS) is 18.0. The molecule has 0 unspecified atom stereocenters. The minimum absolute atomic E-state index is 0.00580. The molecule has 2 aromatic heterocycles. The fourth-order valence-corrected chi connectivity index (χ4v) is 8.31. The van der Waals surface area contributed by atoms with E-state index in [0.717, 1.165) is 12.8 Å². The largest absolute Gasteiger partial charge is 0.500 e. The van der Waals surface area contributed by atoms with Crippen LogP contribution in [-0.2, 0) is 29.5 Å². The summed E-state index contributed by atoms with van der Waals surface area (Å²) in [5.41, 5.74) is 1.13. The van der Waals surface area contributed by atoms with Crippen LogP contribution in [0.4, 0.5) is 9.59 Å². The Morgan fingerprint density at radius 3 is 1.44 bits per heavy atom. The molecule has 18 nitrogen and oxygen atoms in total. The molecule has 0 saturated carbocycles. The number of nitrogens with zero attached hydrogens (tertiary/aromatic N) is 4. The van der Waals surface area contributed by atoms with Crippen molar-refractivity contribution in [2.75, 3.05) is 27.3 Å². The number of methoxy groups -OCH3 is 2. The monoisotopic (exact) mass is 862 g/mol. The van der Waals surface area contributed by atoms with E-state index < -0.39 is 45.5 Å². The van der Waals surface area contributed by atoms with E-state index in [1.807, 2.05) is 41.5 Å². The predicted octanol–water partition coefficient (Wildman–Crippen LogP) is 6.04. The smallest absolute Gasteiger partial charge is 0.453 e. The molecule has 0 bridgehead atoms. The van der Waals surface area contributed by atoms with E-state index in [2.05, 4.69) is 30.6 Å². The molecule has 2 saturated heterocycles. The van der Waals surface area contributed by atoms with E-state index in [4.69, 9.17) is 17.8 Å². The first kappa shape index (κ1) is 44.4. The number of imidazole rings is 2. The molecule has 6 rings (SSSR count). The number of H-pyrrole nitrogens is 2. The number of aromatic amines is 2. The molecule has 61 heavy (non-hydrogen) atoms. The zero-order valence-electron chi connectivity index (χ0n) is 35.6. The Balaban J connectivity index is 1.12. The van der Waals surface area contributed by atoms with Gasteiger partial charge >= 0.3 is 22.6 Å². The number of hydrogen-bond donors (Lipinski definition) is 4. The highest BCUT2D eigenvalue weighted by Gasteiger charge is 2.42. The number of nitrogens with one attached hydrogen (secondary N) is 4. The van der Waals surface area contributed by atoms with Crippen molar-refractivity contribution in [1.29, 1.82) is 0 Å². The third-order valence-electron chi connectivity index (χ3n) is 10.7. The van der Waals surface area contributed by atoms with Crippen molar-refractivity contribution < 1.29 is 45.4 Å². The number of benzene rings is 2. The van der Waals surface area contributed by atoms with Crippen molar-refractivity contribution in [3.63, 3.8) is 0 Å². The van der Waals surface area contributed by atoms with E-state index in [9.17, 15) is 27.6 Å². The van der Waals surface area contributed by atoms with Crippen LogP contribution in [0.15, 0.2) is 60.9 Å². The molecule has 4 heterocycles. The maximum absolute atomic E-state index is 13.8. The first-order chi connectivity index (χ1) is 28.8. The van der Waals surface area contributed by atoms with Crippen molar-refractivity contribution in [2.24, 2.45) is 10.8 Å². The van der Waals surface area contributed by atoms with E-state index in [-0.39, 0.29) is 35.4 Å². The van der Waals surface area contributed by atoms with Gasteiger partial charge in [0.05, 0.1) is 50.1 Å². The van der Waals surface area contributed by atoms with Gasteiger partial charge in [0.15, 0.2) is 0 Å². The van der Waals surface area contributed by atoms with E-state index >= 15 is 0 Å². The average Bonchev–Trinajstić information content (AvgIpc) is 4.04. The second-order valence-electron chi connectivity index (χ2n) is 17.2. The van der Waals surface area contributed by atoms with Crippen LogP contribution in [0.1, 0.15) is 91.0 Å². The molecule has 19 heteroatoms. The second-order valence-corrected chi connectivity index (χ2v) is 18.4. The first-order valence-corrected chi connectivity index (χ1v) is 21.4. The summed E-state index contributed by atoms with van der Waals surface area (Å²) < 4.78 is 46.7. The van der Waals surface area contributed by atoms with Gasteiger partial charge < -0.3 is 48.2 Å². The number of carbonyl (C=O) groups is 4. The number of carbonyl (C=O) groups excluding carboxylic acids is 4. The Morgan fingerprint density at radius 2 is 1.08 bits per heavy atom. The lowest BCUT2D eigenvalue weighted by Crippen LogP contribution is -2.54. The van der Waals surface area contributed by atoms with Crippen molar-refractivity contribution in [3.8, 4) is 34.0 Å². The van der Waals surface area contributed by atoms with Gasteiger partial charge in [-0.1, -0.05) is 65.8 Å². The highest BCUT2D eigenvalue weighted by molar-refractivity contribution is 7.82. The highest BCUT2D eigenvalue weighted by atomic mass is 32.3. The quantitative estimate of drug-likeness (QED) is 0.128. The molecule has 2 aromatic carbocycles. The highest BCUT2D eigenvalue weighted by Crippen LogP contribution is 2.37. The summed E-state index contributed by atoms with van der Waals surface area (Å²) in [6.45, 7) is 12.2. The molecule has 4 N–H and O–H groups in total.